The van der Waals surface area contributed by atoms with Gasteiger partial charge < -0.3 is 10.2 Å². The van der Waals surface area contributed by atoms with Gasteiger partial charge in [0.25, 0.3) is 0 Å². The van der Waals surface area contributed by atoms with E-state index in [1.807, 2.05) is 0 Å². The average molecular weight is 242 g/mol. The predicted octanol–water partition coefficient (Wildman–Crippen LogP) is -0.00950. The molecule has 0 aromatic heterocycles. The van der Waals surface area contributed by atoms with Gasteiger partial charge in [-0.1, -0.05) is 0 Å². The monoisotopic (exact) mass is 242 g/mol. The van der Waals surface area contributed by atoms with Crippen molar-refractivity contribution in [2.45, 2.75) is 44.4 Å². The number of aliphatic hydroxyl groups excluding tert-OH is 1. The fourth-order valence-electron chi connectivity index (χ4n) is 3.04. The summed E-state index contributed by atoms with van der Waals surface area (Å²) in [7, 11) is 0. The number of rotatable bonds is 4. The van der Waals surface area contributed by atoms with Gasteiger partial charge in [-0.2, -0.15) is 0 Å². The van der Waals surface area contributed by atoms with E-state index in [0.717, 1.165) is 13.1 Å². The molecular formula is C12H22N2O3. The van der Waals surface area contributed by atoms with Crippen molar-refractivity contribution in [1.82, 2.24) is 9.80 Å². The van der Waals surface area contributed by atoms with Gasteiger partial charge in [0, 0.05) is 31.7 Å². The number of carbonyl (C=O) groups is 1. The number of hydrogen-bond donors (Lipinski definition) is 2. The molecule has 2 aliphatic heterocycles. The van der Waals surface area contributed by atoms with Crippen molar-refractivity contribution in [2.75, 3.05) is 26.2 Å². The van der Waals surface area contributed by atoms with E-state index in [1.165, 1.54) is 19.4 Å². The molecule has 0 spiro atoms. The molecule has 2 N–H and O–H groups in total. The van der Waals surface area contributed by atoms with E-state index in [2.05, 4.69) is 16.7 Å². The van der Waals surface area contributed by atoms with Gasteiger partial charge in [0.1, 0.15) is 0 Å². The van der Waals surface area contributed by atoms with Crippen LogP contribution in [0.1, 0.15) is 26.2 Å². The Bertz CT molecular complexity index is 285. The van der Waals surface area contributed by atoms with E-state index in [1.54, 1.807) is 0 Å². The molecule has 5 nitrogen and oxygen atoms in total. The van der Waals surface area contributed by atoms with E-state index in [0.29, 0.717) is 18.6 Å². The van der Waals surface area contributed by atoms with E-state index in [9.17, 15) is 9.90 Å². The summed E-state index contributed by atoms with van der Waals surface area (Å²) in [6.07, 6.45) is 1.60. The van der Waals surface area contributed by atoms with Crippen LogP contribution >= 0.6 is 0 Å². The highest BCUT2D eigenvalue weighted by Gasteiger charge is 2.34. The molecule has 0 radical (unpaired) electrons. The SMILES string of the molecule is CC1CN2CCCC2CN1CC(O)CC(=O)O. The highest BCUT2D eigenvalue weighted by molar-refractivity contribution is 5.67. The maximum Gasteiger partial charge on any atom is 0.306 e. The van der Waals surface area contributed by atoms with Gasteiger partial charge in [-0.05, 0) is 26.3 Å². The quantitative estimate of drug-likeness (QED) is 0.726. The molecular weight excluding hydrogens is 220 g/mol. The van der Waals surface area contributed by atoms with Crippen LogP contribution in [0, 0.1) is 0 Å². The lowest BCUT2D eigenvalue weighted by atomic mass is 10.1. The number of aliphatic carboxylic acids is 1. The van der Waals surface area contributed by atoms with Crippen LogP contribution in [0.4, 0.5) is 0 Å². The van der Waals surface area contributed by atoms with Crippen molar-refractivity contribution in [3.8, 4) is 0 Å². The minimum atomic E-state index is -0.926. The Morgan fingerprint density at radius 3 is 2.94 bits per heavy atom. The largest absolute Gasteiger partial charge is 0.481 e. The Labute approximate surface area is 102 Å². The zero-order valence-electron chi connectivity index (χ0n) is 10.4. The van der Waals surface area contributed by atoms with Gasteiger partial charge in [-0.3, -0.25) is 14.6 Å². The molecule has 0 aromatic carbocycles. The lowest BCUT2D eigenvalue weighted by Gasteiger charge is -2.42. The summed E-state index contributed by atoms with van der Waals surface area (Å²) in [4.78, 5) is 15.3. The molecule has 0 amide bonds. The van der Waals surface area contributed by atoms with Gasteiger partial charge in [0.05, 0.1) is 12.5 Å². The summed E-state index contributed by atoms with van der Waals surface area (Å²) in [5.74, 6) is -0.926. The number of β-amino-alcohol motifs (C(OH)–C–C–N with tert-alkyl or cyclic N) is 1. The number of fused-ring (bicyclic) bond motifs is 1. The maximum absolute atomic E-state index is 10.5. The second-order valence-corrected chi connectivity index (χ2v) is 5.35. The van der Waals surface area contributed by atoms with E-state index in [4.69, 9.17) is 5.11 Å². The molecule has 0 aliphatic carbocycles. The fraction of sp³-hybridized carbons (Fsp3) is 0.917. The van der Waals surface area contributed by atoms with Crippen LogP contribution in [0.5, 0.6) is 0 Å². The first-order chi connectivity index (χ1) is 8.06. The number of nitrogens with zero attached hydrogens (tertiary/aromatic N) is 2. The molecule has 3 unspecified atom stereocenters. The Kier molecular flexibility index (Phi) is 4.01. The van der Waals surface area contributed by atoms with Gasteiger partial charge in [0.15, 0.2) is 0 Å². The number of carboxylic acid groups (broad SMARTS) is 1. The average Bonchev–Trinajstić information content (AvgIpc) is 2.63. The highest BCUT2D eigenvalue weighted by Crippen LogP contribution is 2.24. The topological polar surface area (TPSA) is 64.0 Å². The van der Waals surface area contributed by atoms with Crippen LogP contribution in [-0.2, 0) is 4.79 Å². The van der Waals surface area contributed by atoms with Crippen LogP contribution in [0.15, 0.2) is 0 Å². The Hall–Kier alpha value is -0.650. The maximum atomic E-state index is 10.5. The first-order valence-corrected chi connectivity index (χ1v) is 6.44. The molecule has 98 valence electrons. The molecule has 2 saturated heterocycles. The standard InChI is InChI=1S/C12H22N2O3/c1-9-6-13-4-2-3-10(13)7-14(9)8-11(15)5-12(16)17/h9-11,15H,2-8H2,1H3,(H,16,17). The third-order valence-electron chi connectivity index (χ3n) is 3.92. The Morgan fingerprint density at radius 2 is 2.24 bits per heavy atom. The van der Waals surface area contributed by atoms with Crippen LogP contribution < -0.4 is 0 Å². The van der Waals surface area contributed by atoms with Gasteiger partial charge in [-0.15, -0.1) is 0 Å². The molecule has 2 rings (SSSR count). The van der Waals surface area contributed by atoms with Crippen molar-refractivity contribution in [3.05, 3.63) is 0 Å². The molecule has 0 bridgehead atoms. The lowest BCUT2D eigenvalue weighted by molar-refractivity contribution is -0.139. The summed E-state index contributed by atoms with van der Waals surface area (Å²) < 4.78 is 0. The number of hydrogen-bond acceptors (Lipinski definition) is 4. The number of piperazine rings is 1. The summed E-state index contributed by atoms with van der Waals surface area (Å²) >= 11 is 0. The molecule has 0 aromatic rings. The van der Waals surface area contributed by atoms with Gasteiger partial charge in [0.2, 0.25) is 0 Å². The first-order valence-electron chi connectivity index (χ1n) is 6.44. The third kappa shape index (κ3) is 3.18. The second kappa shape index (κ2) is 5.33. The Morgan fingerprint density at radius 1 is 1.47 bits per heavy atom. The number of aliphatic hydroxyl groups is 1. The summed E-state index contributed by atoms with van der Waals surface area (Å²) in [6.45, 7) is 5.85. The van der Waals surface area contributed by atoms with E-state index >= 15 is 0 Å². The predicted molar refractivity (Wildman–Crippen MR) is 63.9 cm³/mol. The zero-order valence-corrected chi connectivity index (χ0v) is 10.4. The molecule has 2 aliphatic rings. The fourth-order valence-corrected chi connectivity index (χ4v) is 3.04. The molecule has 3 atom stereocenters. The highest BCUT2D eigenvalue weighted by atomic mass is 16.4. The van der Waals surface area contributed by atoms with Crippen LogP contribution in [0.2, 0.25) is 0 Å². The van der Waals surface area contributed by atoms with Crippen LogP contribution in [-0.4, -0.2) is 70.3 Å². The third-order valence-corrected chi connectivity index (χ3v) is 3.92. The first kappa shape index (κ1) is 12.8. The minimum absolute atomic E-state index is 0.155. The van der Waals surface area contributed by atoms with E-state index in [-0.39, 0.29) is 6.42 Å². The second-order valence-electron chi connectivity index (χ2n) is 5.35. The van der Waals surface area contributed by atoms with E-state index < -0.39 is 12.1 Å². The molecule has 5 heteroatoms. The van der Waals surface area contributed by atoms with Crippen LogP contribution in [0.25, 0.3) is 0 Å². The zero-order chi connectivity index (χ0) is 12.4. The summed E-state index contributed by atoms with van der Waals surface area (Å²) in [5, 5.41) is 18.3. The lowest BCUT2D eigenvalue weighted by Crippen LogP contribution is -2.56. The summed E-state index contributed by atoms with van der Waals surface area (Å²) in [6, 6.07) is 1.02. The Balaban J connectivity index is 1.85. The van der Waals surface area contributed by atoms with Crippen molar-refractivity contribution < 1.29 is 15.0 Å². The molecule has 2 heterocycles. The van der Waals surface area contributed by atoms with Crippen molar-refractivity contribution in [3.63, 3.8) is 0 Å². The van der Waals surface area contributed by atoms with Crippen LogP contribution in [0.3, 0.4) is 0 Å². The van der Waals surface area contributed by atoms with Crippen molar-refractivity contribution >= 4 is 5.97 Å². The smallest absolute Gasteiger partial charge is 0.306 e. The van der Waals surface area contributed by atoms with Gasteiger partial charge >= 0.3 is 5.97 Å². The number of carboxylic acids is 1. The minimum Gasteiger partial charge on any atom is -0.481 e. The van der Waals surface area contributed by atoms with Gasteiger partial charge in [-0.25, -0.2) is 0 Å². The molecule has 2 fully saturated rings. The molecule has 0 saturated carbocycles. The normalized spacial score (nSPS) is 32.4. The summed E-state index contributed by atoms with van der Waals surface area (Å²) in [5.41, 5.74) is 0. The molecule has 17 heavy (non-hydrogen) atoms. The van der Waals surface area contributed by atoms with Crippen molar-refractivity contribution in [1.29, 1.82) is 0 Å². The van der Waals surface area contributed by atoms with Crippen molar-refractivity contribution in [2.24, 2.45) is 0 Å².